The van der Waals surface area contributed by atoms with Crippen LogP contribution in [0.3, 0.4) is 0 Å². The number of alkyl halides is 1. The van der Waals surface area contributed by atoms with Crippen molar-refractivity contribution in [2.75, 3.05) is 5.33 Å². The van der Waals surface area contributed by atoms with E-state index in [0.717, 1.165) is 17.1 Å². The molecule has 1 heterocycles. The summed E-state index contributed by atoms with van der Waals surface area (Å²) in [6, 6.07) is 0. The first kappa shape index (κ1) is 9.19. The van der Waals surface area contributed by atoms with Gasteiger partial charge in [0.25, 0.3) is 0 Å². The van der Waals surface area contributed by atoms with E-state index in [1.807, 2.05) is 6.92 Å². The van der Waals surface area contributed by atoms with Crippen LogP contribution >= 0.6 is 15.9 Å². The van der Waals surface area contributed by atoms with Gasteiger partial charge in [-0.25, -0.2) is 0 Å². The normalized spacial score (nSPS) is 28.2. The first-order chi connectivity index (χ1) is 6.29. The minimum Gasteiger partial charge on any atom is -0.425 e. The number of aromatic nitrogens is 2. The summed E-state index contributed by atoms with van der Waals surface area (Å²) in [6.07, 6.45) is 3.65. The van der Waals surface area contributed by atoms with Crippen LogP contribution in [0.2, 0.25) is 0 Å². The zero-order valence-corrected chi connectivity index (χ0v) is 9.25. The Bertz CT molecular complexity index is 287. The maximum absolute atomic E-state index is 5.42. The summed E-state index contributed by atoms with van der Waals surface area (Å²) in [4.78, 5) is 0. The maximum atomic E-state index is 5.42. The Labute approximate surface area is 86.0 Å². The molecule has 0 spiro atoms. The van der Waals surface area contributed by atoms with Gasteiger partial charge in [-0.2, -0.15) is 0 Å². The fourth-order valence-electron chi connectivity index (χ4n) is 1.92. The van der Waals surface area contributed by atoms with Crippen LogP contribution in [-0.4, -0.2) is 15.5 Å². The molecule has 1 aliphatic carbocycles. The SMILES string of the molecule is Cc1nnc(C2CCC(CBr)C2)o1. The summed E-state index contributed by atoms with van der Waals surface area (Å²) < 4.78 is 5.42. The quantitative estimate of drug-likeness (QED) is 0.752. The predicted octanol–water partition coefficient (Wildman–Crippen LogP) is 2.66. The molecule has 2 unspecified atom stereocenters. The second-order valence-electron chi connectivity index (χ2n) is 3.69. The third kappa shape index (κ3) is 1.93. The summed E-state index contributed by atoms with van der Waals surface area (Å²) in [5.74, 6) is 2.80. The smallest absolute Gasteiger partial charge is 0.219 e. The van der Waals surface area contributed by atoms with Crippen molar-refractivity contribution in [3.05, 3.63) is 11.8 Å². The molecule has 1 aliphatic rings. The molecule has 0 bridgehead atoms. The molecule has 1 fully saturated rings. The lowest BCUT2D eigenvalue weighted by molar-refractivity contribution is 0.424. The Morgan fingerprint density at radius 2 is 2.31 bits per heavy atom. The van der Waals surface area contributed by atoms with E-state index < -0.39 is 0 Å². The highest BCUT2D eigenvalue weighted by molar-refractivity contribution is 9.09. The lowest BCUT2D eigenvalue weighted by Gasteiger charge is -2.03. The van der Waals surface area contributed by atoms with Crippen LogP contribution in [0.15, 0.2) is 4.42 Å². The summed E-state index contributed by atoms with van der Waals surface area (Å²) in [5, 5.41) is 9.01. The molecule has 0 saturated heterocycles. The van der Waals surface area contributed by atoms with Crippen molar-refractivity contribution in [1.29, 1.82) is 0 Å². The molecule has 4 heteroatoms. The number of hydrogen-bond acceptors (Lipinski definition) is 3. The Morgan fingerprint density at radius 3 is 2.85 bits per heavy atom. The van der Waals surface area contributed by atoms with Crippen molar-refractivity contribution >= 4 is 15.9 Å². The monoisotopic (exact) mass is 244 g/mol. The van der Waals surface area contributed by atoms with Gasteiger partial charge in [-0.3, -0.25) is 0 Å². The van der Waals surface area contributed by atoms with E-state index in [2.05, 4.69) is 26.1 Å². The van der Waals surface area contributed by atoms with Crippen molar-refractivity contribution in [1.82, 2.24) is 10.2 Å². The second-order valence-corrected chi connectivity index (χ2v) is 4.34. The van der Waals surface area contributed by atoms with Crippen molar-refractivity contribution in [2.24, 2.45) is 5.92 Å². The van der Waals surface area contributed by atoms with Crippen LogP contribution in [0.5, 0.6) is 0 Å². The van der Waals surface area contributed by atoms with Crippen LogP contribution in [0, 0.1) is 12.8 Å². The van der Waals surface area contributed by atoms with Gasteiger partial charge in [-0.05, 0) is 25.2 Å². The molecule has 3 nitrogen and oxygen atoms in total. The minimum absolute atomic E-state index is 0.503. The highest BCUT2D eigenvalue weighted by Gasteiger charge is 2.28. The fourth-order valence-corrected chi connectivity index (χ4v) is 2.50. The molecular formula is C9H13BrN2O. The molecule has 2 rings (SSSR count). The van der Waals surface area contributed by atoms with Gasteiger partial charge in [0.15, 0.2) is 0 Å². The molecule has 72 valence electrons. The molecule has 0 radical (unpaired) electrons. The van der Waals surface area contributed by atoms with E-state index in [1.165, 1.54) is 19.3 Å². The lowest BCUT2D eigenvalue weighted by atomic mass is 10.1. The molecule has 1 aromatic heterocycles. The third-order valence-corrected chi connectivity index (χ3v) is 3.57. The standard InChI is InChI=1S/C9H13BrN2O/c1-6-11-12-9(13-6)8-3-2-7(4-8)5-10/h7-8H,2-5H2,1H3. The molecule has 0 N–H and O–H groups in total. The molecule has 1 saturated carbocycles. The van der Waals surface area contributed by atoms with Crippen molar-refractivity contribution in [3.8, 4) is 0 Å². The van der Waals surface area contributed by atoms with Crippen LogP contribution in [0.1, 0.15) is 37.0 Å². The van der Waals surface area contributed by atoms with Crippen LogP contribution in [-0.2, 0) is 0 Å². The van der Waals surface area contributed by atoms with Crippen molar-refractivity contribution < 1.29 is 4.42 Å². The maximum Gasteiger partial charge on any atom is 0.219 e. The highest BCUT2D eigenvalue weighted by atomic mass is 79.9. The van der Waals surface area contributed by atoms with Gasteiger partial charge in [0, 0.05) is 18.2 Å². The average molecular weight is 245 g/mol. The highest BCUT2D eigenvalue weighted by Crippen LogP contribution is 2.38. The Morgan fingerprint density at radius 1 is 1.46 bits per heavy atom. The second kappa shape index (κ2) is 3.78. The number of nitrogens with zero attached hydrogens (tertiary/aromatic N) is 2. The largest absolute Gasteiger partial charge is 0.425 e. The molecule has 0 aromatic carbocycles. The summed E-state index contributed by atoms with van der Waals surface area (Å²) in [7, 11) is 0. The Hall–Kier alpha value is -0.380. The topological polar surface area (TPSA) is 38.9 Å². The fraction of sp³-hybridized carbons (Fsp3) is 0.778. The molecule has 0 aliphatic heterocycles. The average Bonchev–Trinajstić information content (AvgIpc) is 2.71. The summed E-state index contributed by atoms with van der Waals surface area (Å²) in [6.45, 7) is 1.84. The van der Waals surface area contributed by atoms with Gasteiger partial charge >= 0.3 is 0 Å². The third-order valence-electron chi connectivity index (χ3n) is 2.65. The first-order valence-electron chi connectivity index (χ1n) is 4.65. The summed E-state index contributed by atoms with van der Waals surface area (Å²) >= 11 is 3.51. The van der Waals surface area contributed by atoms with Gasteiger partial charge in [0.2, 0.25) is 11.8 Å². The van der Waals surface area contributed by atoms with Crippen LogP contribution < -0.4 is 0 Å². The number of aryl methyl sites for hydroxylation is 1. The van der Waals surface area contributed by atoms with E-state index in [-0.39, 0.29) is 0 Å². The molecular weight excluding hydrogens is 232 g/mol. The Kier molecular flexibility index (Phi) is 2.67. The Balaban J connectivity index is 2.03. The van der Waals surface area contributed by atoms with Gasteiger partial charge in [-0.1, -0.05) is 15.9 Å². The van der Waals surface area contributed by atoms with Crippen LogP contribution in [0.25, 0.3) is 0 Å². The van der Waals surface area contributed by atoms with Crippen LogP contribution in [0.4, 0.5) is 0 Å². The van der Waals surface area contributed by atoms with Crippen molar-refractivity contribution in [3.63, 3.8) is 0 Å². The van der Waals surface area contributed by atoms with E-state index in [0.29, 0.717) is 11.8 Å². The first-order valence-corrected chi connectivity index (χ1v) is 5.77. The number of halogens is 1. The molecule has 2 atom stereocenters. The van der Waals surface area contributed by atoms with Gasteiger partial charge < -0.3 is 4.42 Å². The number of rotatable bonds is 2. The minimum atomic E-state index is 0.503. The summed E-state index contributed by atoms with van der Waals surface area (Å²) in [5.41, 5.74) is 0. The molecule has 1 aromatic rings. The molecule has 0 amide bonds. The van der Waals surface area contributed by atoms with Gasteiger partial charge in [0.05, 0.1) is 0 Å². The lowest BCUT2D eigenvalue weighted by Crippen LogP contribution is -1.97. The van der Waals surface area contributed by atoms with Gasteiger partial charge in [-0.15, -0.1) is 10.2 Å². The van der Waals surface area contributed by atoms with E-state index in [9.17, 15) is 0 Å². The zero-order valence-electron chi connectivity index (χ0n) is 7.66. The van der Waals surface area contributed by atoms with E-state index in [1.54, 1.807) is 0 Å². The number of hydrogen-bond donors (Lipinski definition) is 0. The molecule has 13 heavy (non-hydrogen) atoms. The van der Waals surface area contributed by atoms with Gasteiger partial charge in [0.1, 0.15) is 0 Å². The van der Waals surface area contributed by atoms with E-state index >= 15 is 0 Å². The zero-order chi connectivity index (χ0) is 9.26. The van der Waals surface area contributed by atoms with Crippen molar-refractivity contribution in [2.45, 2.75) is 32.1 Å². The predicted molar refractivity (Wildman–Crippen MR) is 52.9 cm³/mol. The van der Waals surface area contributed by atoms with E-state index in [4.69, 9.17) is 4.42 Å².